The molecule has 2 aromatic carbocycles. The molecule has 14 heteroatoms. The van der Waals surface area contributed by atoms with Crippen molar-refractivity contribution in [1.29, 1.82) is 5.26 Å². The summed E-state index contributed by atoms with van der Waals surface area (Å²) in [6.07, 6.45) is 8.63. The van der Waals surface area contributed by atoms with E-state index < -0.39 is 6.04 Å². The first kappa shape index (κ1) is 39.1. The molecule has 61 heavy (non-hydrogen) atoms. The fourth-order valence-electron chi connectivity index (χ4n) is 10.2. The lowest BCUT2D eigenvalue weighted by atomic mass is 9.97. The van der Waals surface area contributed by atoms with Crippen LogP contribution in [0, 0.1) is 37.9 Å². The lowest BCUT2D eigenvalue weighted by molar-refractivity contribution is 0.0906. The minimum absolute atomic E-state index is 0.164. The number of aryl methyl sites for hydroxylation is 2. The first-order chi connectivity index (χ1) is 29.6. The van der Waals surface area contributed by atoms with Crippen LogP contribution in [0.15, 0.2) is 54.9 Å². The predicted octanol–water partition coefficient (Wildman–Crippen LogP) is 7.97. The molecular formula is C47H50FN11O2. The molecule has 13 nitrogen and oxygen atoms in total. The van der Waals surface area contributed by atoms with E-state index in [4.69, 9.17) is 29.6 Å². The van der Waals surface area contributed by atoms with Crippen LogP contribution >= 0.6 is 0 Å². The zero-order chi connectivity index (χ0) is 41.9. The van der Waals surface area contributed by atoms with E-state index in [1.54, 1.807) is 6.92 Å². The topological polar surface area (TPSA) is 150 Å². The Morgan fingerprint density at radius 3 is 1.90 bits per heavy atom. The second-order valence-electron chi connectivity index (χ2n) is 17.3. The van der Waals surface area contributed by atoms with Crippen molar-refractivity contribution in [3.63, 3.8) is 0 Å². The normalized spacial score (nSPS) is 21.8. The summed E-state index contributed by atoms with van der Waals surface area (Å²) in [5.74, 6) is 0.894. The van der Waals surface area contributed by atoms with Gasteiger partial charge in [-0.2, -0.15) is 15.5 Å². The molecule has 4 aliphatic heterocycles. The highest BCUT2D eigenvalue weighted by Crippen LogP contribution is 2.39. The highest BCUT2D eigenvalue weighted by molar-refractivity contribution is 5.94. The van der Waals surface area contributed by atoms with Crippen molar-refractivity contribution in [2.75, 3.05) is 46.9 Å². The Bertz CT molecular complexity index is 2690. The maximum atomic E-state index is 16.2. The maximum Gasteiger partial charge on any atom is 0.158 e. The molecule has 0 spiro atoms. The molecule has 4 bridgehead atoms. The number of ether oxygens (including phenoxy) is 2. The van der Waals surface area contributed by atoms with E-state index >= 15 is 4.39 Å². The van der Waals surface area contributed by atoms with E-state index in [0.717, 1.165) is 81.2 Å². The van der Waals surface area contributed by atoms with Crippen molar-refractivity contribution < 1.29 is 13.9 Å². The number of pyridine rings is 2. The molecule has 6 aromatic rings. The van der Waals surface area contributed by atoms with Gasteiger partial charge in [-0.3, -0.25) is 9.97 Å². The fourth-order valence-corrected chi connectivity index (χ4v) is 10.2. The van der Waals surface area contributed by atoms with Crippen molar-refractivity contribution in [3.8, 4) is 6.07 Å². The molecule has 4 saturated heterocycles. The summed E-state index contributed by atoms with van der Waals surface area (Å²) in [6.45, 7) is 12.5. The van der Waals surface area contributed by atoms with Crippen LogP contribution in [0.2, 0.25) is 0 Å². The number of morpholine rings is 2. The second-order valence-corrected chi connectivity index (χ2v) is 17.3. The molecule has 0 amide bonds. The number of nitrogens with zero attached hydrogens (tertiary/aromatic N) is 9. The molecule has 4 fully saturated rings. The Hall–Kier alpha value is -6.04. The van der Waals surface area contributed by atoms with E-state index in [9.17, 15) is 5.26 Å². The maximum absolute atomic E-state index is 16.2. The SMILES string of the molecule is Cc1cc(Cc2nnc(N[C@H](C)c3cccc(C#N)c3C)c3cc(N4C5CCC4COC5)cnc23)cc([C@@H](C)Nc2nnc(C)c3ncc(N4C5CCC4COC5)cc23)c1F. The Morgan fingerprint density at radius 1 is 0.738 bits per heavy atom. The van der Waals surface area contributed by atoms with E-state index in [0.29, 0.717) is 91.0 Å². The van der Waals surface area contributed by atoms with Crippen LogP contribution < -0.4 is 20.4 Å². The Morgan fingerprint density at radius 2 is 1.30 bits per heavy atom. The summed E-state index contributed by atoms with van der Waals surface area (Å²) in [7, 11) is 0. The molecule has 0 saturated carbocycles. The molecule has 4 aromatic heterocycles. The molecule has 4 unspecified atom stereocenters. The number of halogens is 1. The molecular weight excluding hydrogens is 770 g/mol. The predicted molar refractivity (Wildman–Crippen MR) is 234 cm³/mol. The van der Waals surface area contributed by atoms with Gasteiger partial charge in [0.2, 0.25) is 0 Å². The molecule has 6 atom stereocenters. The van der Waals surface area contributed by atoms with Crippen LogP contribution in [-0.2, 0) is 15.9 Å². The number of fused-ring (bicyclic) bond motifs is 6. The van der Waals surface area contributed by atoms with Gasteiger partial charge in [0.25, 0.3) is 0 Å². The van der Waals surface area contributed by atoms with Gasteiger partial charge in [-0.05, 0) is 101 Å². The van der Waals surface area contributed by atoms with Gasteiger partial charge in [0.05, 0.1) is 121 Å². The Balaban J connectivity index is 0.978. The number of rotatable bonds is 10. The monoisotopic (exact) mass is 819 g/mol. The standard InChI is InChI=1S/C47H50FN11O2/c1-25-13-30(14-39(43(25)48)28(4)53-46-40-16-36(19-50-44(40)29(5)54-56-46)58-32-9-10-33(58)22-60-21-32)15-42-45-41(17-37(20-51-45)59-34-11-12-35(59)24-61-23-34)47(57-55-42)52-27(3)38-8-6-7-31(18-49)26(38)2/h6-8,13-14,16-17,19-20,27-28,32-35H,9-12,15,21-24H2,1-5H3,(H,52,57)(H,53,56)/t27-,28-,32?,33?,34?,35?/m1/s1. The van der Waals surface area contributed by atoms with Crippen molar-refractivity contribution in [1.82, 2.24) is 30.4 Å². The van der Waals surface area contributed by atoms with Gasteiger partial charge in [0.1, 0.15) is 5.82 Å². The smallest absolute Gasteiger partial charge is 0.158 e. The lowest BCUT2D eigenvalue weighted by Crippen LogP contribution is -2.46. The highest BCUT2D eigenvalue weighted by atomic mass is 19.1. The quantitative estimate of drug-likeness (QED) is 0.138. The molecule has 10 rings (SSSR count). The molecule has 0 aliphatic carbocycles. The van der Waals surface area contributed by atoms with Crippen molar-refractivity contribution in [2.24, 2.45) is 0 Å². The van der Waals surface area contributed by atoms with Gasteiger partial charge >= 0.3 is 0 Å². The van der Waals surface area contributed by atoms with E-state index in [1.165, 1.54) is 0 Å². The Labute approximate surface area is 354 Å². The first-order valence-corrected chi connectivity index (χ1v) is 21.5. The van der Waals surface area contributed by atoms with Gasteiger partial charge in [-0.25, -0.2) is 4.39 Å². The third-order valence-corrected chi connectivity index (χ3v) is 13.4. The van der Waals surface area contributed by atoms with Gasteiger partial charge in [-0.1, -0.05) is 24.3 Å². The second kappa shape index (κ2) is 15.8. The minimum atomic E-state index is -0.453. The molecule has 312 valence electrons. The van der Waals surface area contributed by atoms with Gasteiger partial charge < -0.3 is 29.9 Å². The third-order valence-electron chi connectivity index (χ3n) is 13.4. The molecule has 2 N–H and O–H groups in total. The molecule has 0 radical (unpaired) electrons. The van der Waals surface area contributed by atoms with E-state index in [-0.39, 0.29) is 11.9 Å². The zero-order valence-corrected chi connectivity index (χ0v) is 35.2. The average Bonchev–Trinajstić information content (AvgIpc) is 3.67. The van der Waals surface area contributed by atoms with Crippen LogP contribution in [0.5, 0.6) is 0 Å². The summed E-state index contributed by atoms with van der Waals surface area (Å²) < 4.78 is 28.0. The summed E-state index contributed by atoms with van der Waals surface area (Å²) in [5.41, 5.74) is 9.51. The lowest BCUT2D eigenvalue weighted by Gasteiger charge is -2.36. The number of hydrogen-bond acceptors (Lipinski definition) is 13. The Kier molecular flexibility index (Phi) is 10.1. The first-order valence-electron chi connectivity index (χ1n) is 21.5. The van der Waals surface area contributed by atoms with Gasteiger partial charge in [-0.15, -0.1) is 10.2 Å². The van der Waals surface area contributed by atoms with Crippen LogP contribution in [0.4, 0.5) is 27.4 Å². The number of anilines is 4. The minimum Gasteiger partial charge on any atom is -0.377 e. The number of hydrogen-bond donors (Lipinski definition) is 2. The van der Waals surface area contributed by atoms with Crippen molar-refractivity contribution in [3.05, 3.63) is 105 Å². The van der Waals surface area contributed by atoms with Crippen LogP contribution in [0.25, 0.3) is 21.8 Å². The summed E-state index contributed by atoms with van der Waals surface area (Å²) in [6, 6.07) is 16.8. The van der Waals surface area contributed by atoms with Gasteiger partial charge in [0, 0.05) is 22.8 Å². The number of nitrogens with one attached hydrogen (secondary N) is 2. The average molecular weight is 820 g/mol. The fraction of sp³-hybridized carbons (Fsp3) is 0.426. The number of nitriles is 1. The highest BCUT2D eigenvalue weighted by Gasteiger charge is 2.39. The molecule has 4 aliphatic rings. The van der Waals surface area contributed by atoms with Crippen molar-refractivity contribution in [2.45, 2.75) is 103 Å². The summed E-state index contributed by atoms with van der Waals surface area (Å²) in [4.78, 5) is 14.9. The number of aromatic nitrogens is 6. The van der Waals surface area contributed by atoms with Crippen LogP contribution in [0.1, 0.15) is 96.4 Å². The summed E-state index contributed by atoms with van der Waals surface area (Å²) >= 11 is 0. The van der Waals surface area contributed by atoms with Crippen molar-refractivity contribution >= 4 is 44.8 Å². The van der Waals surface area contributed by atoms with Gasteiger partial charge in [0.15, 0.2) is 11.6 Å². The molecule has 8 heterocycles. The zero-order valence-electron chi connectivity index (χ0n) is 35.2. The number of benzene rings is 2. The van der Waals surface area contributed by atoms with Crippen LogP contribution in [0.3, 0.4) is 0 Å². The summed E-state index contributed by atoms with van der Waals surface area (Å²) in [5, 5.41) is 37.1. The third kappa shape index (κ3) is 7.03. The largest absolute Gasteiger partial charge is 0.377 e. The van der Waals surface area contributed by atoms with E-state index in [2.05, 4.69) is 55.8 Å². The van der Waals surface area contributed by atoms with Crippen LogP contribution in [-0.4, -0.2) is 81.0 Å². The van der Waals surface area contributed by atoms with E-state index in [1.807, 2.05) is 63.5 Å².